The molecule has 7 heteroatoms. The van der Waals surface area contributed by atoms with Crippen LogP contribution in [0.5, 0.6) is 5.75 Å². The summed E-state index contributed by atoms with van der Waals surface area (Å²) in [5.74, 6) is 0.646. The number of rotatable bonds is 9. The van der Waals surface area contributed by atoms with E-state index in [0.29, 0.717) is 25.6 Å². The molecule has 2 aromatic carbocycles. The molecule has 2 aliphatic rings. The maximum absolute atomic E-state index is 12.5. The molecule has 1 unspecified atom stereocenters. The largest absolute Gasteiger partial charge is 0.492 e. The van der Waals surface area contributed by atoms with E-state index < -0.39 is 6.10 Å². The van der Waals surface area contributed by atoms with Gasteiger partial charge in [-0.1, -0.05) is 47.6 Å². The maximum atomic E-state index is 12.5. The smallest absolute Gasteiger partial charge is 0.264 e. The second-order valence-corrected chi connectivity index (χ2v) is 8.24. The summed E-state index contributed by atoms with van der Waals surface area (Å²) in [6, 6.07) is 18.2. The molecule has 0 spiro atoms. The Balaban J connectivity index is 1.20. The Labute approximate surface area is 189 Å². The van der Waals surface area contributed by atoms with Crippen molar-refractivity contribution >= 4 is 11.6 Å². The van der Waals surface area contributed by atoms with Crippen molar-refractivity contribution in [2.75, 3.05) is 33.4 Å². The molecule has 2 aromatic rings. The van der Waals surface area contributed by atoms with Crippen LogP contribution < -0.4 is 10.1 Å². The van der Waals surface area contributed by atoms with Crippen LogP contribution in [-0.2, 0) is 20.9 Å². The summed E-state index contributed by atoms with van der Waals surface area (Å²) >= 11 is 0. The van der Waals surface area contributed by atoms with Crippen molar-refractivity contribution in [2.24, 2.45) is 5.16 Å². The summed E-state index contributed by atoms with van der Waals surface area (Å²) in [5.41, 5.74) is 2.76. The van der Waals surface area contributed by atoms with Crippen LogP contribution >= 0.6 is 0 Å². The molecule has 2 aliphatic heterocycles. The lowest BCUT2D eigenvalue weighted by atomic mass is 10.0. The molecular weight excluding hydrogens is 406 g/mol. The molecule has 0 radical (unpaired) electrons. The van der Waals surface area contributed by atoms with E-state index in [2.05, 4.69) is 22.4 Å². The summed E-state index contributed by atoms with van der Waals surface area (Å²) in [7, 11) is 2.14. The molecule has 1 fully saturated rings. The molecule has 4 rings (SSSR count). The molecule has 0 bridgehead atoms. The first kappa shape index (κ1) is 22.3. The van der Waals surface area contributed by atoms with Crippen molar-refractivity contribution in [1.82, 2.24) is 10.2 Å². The van der Waals surface area contributed by atoms with Gasteiger partial charge in [-0.25, -0.2) is 0 Å². The number of ether oxygens (including phenoxy) is 2. The molecule has 1 N–H and O–H groups in total. The van der Waals surface area contributed by atoms with Crippen molar-refractivity contribution < 1.29 is 19.1 Å². The zero-order valence-corrected chi connectivity index (χ0v) is 18.5. The Morgan fingerprint density at radius 2 is 1.97 bits per heavy atom. The van der Waals surface area contributed by atoms with Crippen LogP contribution in [0.4, 0.5) is 0 Å². The van der Waals surface area contributed by atoms with Crippen LogP contribution in [0.1, 0.15) is 30.4 Å². The monoisotopic (exact) mass is 437 g/mol. The minimum atomic E-state index is -0.592. The molecule has 32 heavy (non-hydrogen) atoms. The fraction of sp³-hybridized carbons (Fsp3) is 0.440. The van der Waals surface area contributed by atoms with Gasteiger partial charge in [-0.2, -0.15) is 0 Å². The first-order valence-corrected chi connectivity index (χ1v) is 11.2. The molecule has 2 heterocycles. The van der Waals surface area contributed by atoms with E-state index in [-0.39, 0.29) is 5.91 Å². The van der Waals surface area contributed by atoms with Crippen LogP contribution in [-0.4, -0.2) is 62.1 Å². The molecule has 0 aromatic heterocycles. The van der Waals surface area contributed by atoms with Crippen LogP contribution in [0.2, 0.25) is 0 Å². The Morgan fingerprint density at radius 1 is 1.16 bits per heavy atom. The third kappa shape index (κ3) is 6.08. The number of benzene rings is 2. The van der Waals surface area contributed by atoms with Crippen LogP contribution in [0.25, 0.3) is 0 Å². The summed E-state index contributed by atoms with van der Waals surface area (Å²) in [6.45, 7) is 3.59. The molecular formula is C25H31N3O4. The maximum Gasteiger partial charge on any atom is 0.264 e. The normalized spacial score (nSPS) is 18.8. The molecule has 1 saturated heterocycles. The highest BCUT2D eigenvalue weighted by molar-refractivity contribution is 6.04. The van der Waals surface area contributed by atoms with Gasteiger partial charge in [-0.15, -0.1) is 0 Å². The fourth-order valence-corrected chi connectivity index (χ4v) is 3.98. The van der Waals surface area contributed by atoms with Gasteiger partial charge >= 0.3 is 0 Å². The number of oxime groups is 1. The number of nitrogens with zero attached hydrogens (tertiary/aromatic N) is 2. The average Bonchev–Trinajstić information content (AvgIpc) is 3.34. The molecule has 170 valence electrons. The molecule has 1 atom stereocenters. The highest BCUT2D eigenvalue weighted by Gasteiger charge is 2.28. The van der Waals surface area contributed by atoms with E-state index in [0.717, 1.165) is 55.2 Å². The van der Waals surface area contributed by atoms with E-state index in [1.165, 1.54) is 0 Å². The predicted molar refractivity (Wildman–Crippen MR) is 123 cm³/mol. The number of likely N-dealkylation sites (N-methyl/N-ethyl adjacent to an activating group) is 1. The lowest BCUT2D eigenvalue weighted by Gasteiger charge is -2.31. The van der Waals surface area contributed by atoms with E-state index in [4.69, 9.17) is 14.3 Å². The van der Waals surface area contributed by atoms with E-state index >= 15 is 0 Å². The number of nitrogens with one attached hydrogen (secondary N) is 1. The van der Waals surface area contributed by atoms with Crippen LogP contribution in [0.3, 0.4) is 0 Å². The lowest BCUT2D eigenvalue weighted by Crippen LogP contribution is -2.38. The highest BCUT2D eigenvalue weighted by atomic mass is 16.6. The lowest BCUT2D eigenvalue weighted by molar-refractivity contribution is -0.131. The van der Waals surface area contributed by atoms with Gasteiger partial charge in [-0.3, -0.25) is 9.69 Å². The van der Waals surface area contributed by atoms with E-state index in [1.54, 1.807) is 0 Å². The quantitative estimate of drug-likeness (QED) is 0.653. The van der Waals surface area contributed by atoms with Gasteiger partial charge in [-0.05, 0) is 43.1 Å². The predicted octanol–water partition coefficient (Wildman–Crippen LogP) is 2.99. The van der Waals surface area contributed by atoms with Gasteiger partial charge in [0.15, 0.2) is 0 Å². The first-order chi connectivity index (χ1) is 15.7. The van der Waals surface area contributed by atoms with Gasteiger partial charge < -0.3 is 19.6 Å². The van der Waals surface area contributed by atoms with Crippen molar-refractivity contribution in [3.63, 3.8) is 0 Å². The third-order valence-corrected chi connectivity index (χ3v) is 5.96. The minimum absolute atomic E-state index is 0.163. The Morgan fingerprint density at radius 3 is 2.78 bits per heavy atom. The van der Waals surface area contributed by atoms with Crippen LogP contribution in [0, 0.1) is 0 Å². The third-order valence-electron chi connectivity index (χ3n) is 5.96. The average molecular weight is 438 g/mol. The Hall–Kier alpha value is -2.90. The molecule has 7 nitrogen and oxygen atoms in total. The molecule has 1 amide bonds. The standard InChI is InChI=1S/C25H31N3O4/c1-28(21-10-13-30-14-11-21)12-15-31-22-9-5-6-19(16-22)18-26-25(29)24-17-23(27-32-24)20-7-3-2-4-8-20/h2-9,16,21,24H,10-15,17-18H2,1H3,(H,26,29). The summed E-state index contributed by atoms with van der Waals surface area (Å²) < 4.78 is 11.4. The summed E-state index contributed by atoms with van der Waals surface area (Å²) in [5, 5.41) is 7.03. The van der Waals surface area contributed by atoms with Crippen molar-refractivity contribution in [1.29, 1.82) is 0 Å². The number of amides is 1. The van der Waals surface area contributed by atoms with Gasteiger partial charge in [0.2, 0.25) is 6.10 Å². The van der Waals surface area contributed by atoms with E-state index in [1.807, 2.05) is 54.6 Å². The zero-order chi connectivity index (χ0) is 22.2. The minimum Gasteiger partial charge on any atom is -0.492 e. The number of carbonyl (C=O) groups excluding carboxylic acids is 1. The SMILES string of the molecule is CN(CCOc1cccc(CNC(=O)C2CC(c3ccccc3)=NO2)c1)C1CCOCC1. The number of hydrogen-bond acceptors (Lipinski definition) is 6. The van der Waals surface area contributed by atoms with Gasteiger partial charge in [0, 0.05) is 38.8 Å². The van der Waals surface area contributed by atoms with Gasteiger partial charge in [0.25, 0.3) is 5.91 Å². The topological polar surface area (TPSA) is 72.4 Å². The first-order valence-electron chi connectivity index (χ1n) is 11.2. The Bertz CT molecular complexity index is 912. The van der Waals surface area contributed by atoms with E-state index in [9.17, 15) is 4.79 Å². The fourth-order valence-electron chi connectivity index (χ4n) is 3.98. The second-order valence-electron chi connectivity index (χ2n) is 8.24. The van der Waals surface area contributed by atoms with Gasteiger partial charge in [0.05, 0.1) is 5.71 Å². The second kappa shape index (κ2) is 11.1. The van der Waals surface area contributed by atoms with Crippen LogP contribution in [0.15, 0.2) is 59.8 Å². The summed E-state index contributed by atoms with van der Waals surface area (Å²) in [6.07, 6.45) is 2.03. The molecule has 0 aliphatic carbocycles. The number of hydrogen-bond donors (Lipinski definition) is 1. The Kier molecular flexibility index (Phi) is 7.74. The van der Waals surface area contributed by atoms with Gasteiger partial charge in [0.1, 0.15) is 12.4 Å². The van der Waals surface area contributed by atoms with Crippen molar-refractivity contribution in [3.8, 4) is 5.75 Å². The summed E-state index contributed by atoms with van der Waals surface area (Å²) in [4.78, 5) is 20.2. The number of carbonyl (C=O) groups is 1. The molecule has 0 saturated carbocycles. The van der Waals surface area contributed by atoms with Crippen molar-refractivity contribution in [3.05, 3.63) is 65.7 Å². The zero-order valence-electron chi connectivity index (χ0n) is 18.5. The highest BCUT2D eigenvalue weighted by Crippen LogP contribution is 2.18. The van der Waals surface area contributed by atoms with Crippen molar-refractivity contribution in [2.45, 2.75) is 38.0 Å².